The molecule has 2 aromatic carbocycles. The van der Waals surface area contributed by atoms with Crippen LogP contribution in [-0.2, 0) is 6.42 Å². The number of hydrogen-bond acceptors (Lipinski definition) is 2. The Morgan fingerprint density at radius 2 is 1.90 bits per heavy atom. The van der Waals surface area contributed by atoms with E-state index in [-0.39, 0.29) is 5.75 Å². The average molecular weight is 351 g/mol. The van der Waals surface area contributed by atoms with Crippen LogP contribution in [0.15, 0.2) is 46.9 Å². The van der Waals surface area contributed by atoms with Crippen LogP contribution in [0.4, 0.5) is 4.39 Å². The van der Waals surface area contributed by atoms with Gasteiger partial charge in [0.1, 0.15) is 11.6 Å². The van der Waals surface area contributed by atoms with Gasteiger partial charge in [0.15, 0.2) is 0 Å². The van der Waals surface area contributed by atoms with Crippen LogP contribution >= 0.6 is 15.9 Å². The summed E-state index contributed by atoms with van der Waals surface area (Å²) >= 11 is 3.05. The highest BCUT2D eigenvalue weighted by Crippen LogP contribution is 2.21. The van der Waals surface area contributed by atoms with Gasteiger partial charge in [-0.3, -0.25) is 0 Å². The second-order valence-electron chi connectivity index (χ2n) is 4.77. The maximum Gasteiger partial charge on any atom is 0.343 e. The number of ether oxygens (including phenoxy) is 1. The van der Waals surface area contributed by atoms with E-state index in [4.69, 9.17) is 4.74 Å². The normalized spacial score (nSPS) is 10.4. The molecule has 0 saturated heterocycles. The van der Waals surface area contributed by atoms with E-state index in [0.29, 0.717) is 10.0 Å². The molecule has 0 aliphatic carbocycles. The molecule has 0 amide bonds. The number of carbonyl (C=O) groups excluding carboxylic acids is 1. The lowest BCUT2D eigenvalue weighted by atomic mass is 10.1. The van der Waals surface area contributed by atoms with Crippen LogP contribution in [0.3, 0.4) is 0 Å². The van der Waals surface area contributed by atoms with E-state index in [1.165, 1.54) is 17.7 Å². The number of hydrogen-bond donors (Lipinski definition) is 0. The molecule has 0 atom stereocenters. The SMILES string of the molecule is CCCCc1ccc(C(=O)Oc2ccc(Br)c(F)c2)cc1. The molecule has 0 radical (unpaired) electrons. The molecular formula is C17H16BrFO2. The van der Waals surface area contributed by atoms with Crippen LogP contribution in [0.5, 0.6) is 5.75 Å². The number of esters is 1. The molecule has 0 aliphatic rings. The summed E-state index contributed by atoms with van der Waals surface area (Å²) in [5.74, 6) is -0.760. The molecule has 110 valence electrons. The van der Waals surface area contributed by atoms with Gasteiger partial charge in [-0.2, -0.15) is 0 Å². The lowest BCUT2D eigenvalue weighted by Crippen LogP contribution is -2.08. The summed E-state index contributed by atoms with van der Waals surface area (Å²) in [4.78, 5) is 12.0. The molecule has 0 N–H and O–H groups in total. The van der Waals surface area contributed by atoms with Crippen molar-refractivity contribution >= 4 is 21.9 Å². The van der Waals surface area contributed by atoms with Gasteiger partial charge in [-0.05, 0) is 58.6 Å². The lowest BCUT2D eigenvalue weighted by Gasteiger charge is -2.06. The van der Waals surface area contributed by atoms with E-state index in [0.717, 1.165) is 19.3 Å². The summed E-state index contributed by atoms with van der Waals surface area (Å²) in [5.41, 5.74) is 1.65. The zero-order chi connectivity index (χ0) is 15.2. The van der Waals surface area contributed by atoms with E-state index in [9.17, 15) is 9.18 Å². The molecule has 0 aliphatic heterocycles. The van der Waals surface area contributed by atoms with Crippen LogP contribution in [-0.4, -0.2) is 5.97 Å². The maximum absolute atomic E-state index is 13.4. The minimum Gasteiger partial charge on any atom is -0.423 e. The first kappa shape index (κ1) is 15.7. The number of rotatable bonds is 5. The van der Waals surface area contributed by atoms with Crippen molar-refractivity contribution in [2.24, 2.45) is 0 Å². The number of aryl methyl sites for hydroxylation is 1. The van der Waals surface area contributed by atoms with Gasteiger partial charge < -0.3 is 4.74 Å². The molecule has 0 spiro atoms. The molecule has 21 heavy (non-hydrogen) atoms. The molecule has 4 heteroatoms. The lowest BCUT2D eigenvalue weighted by molar-refractivity contribution is 0.0734. The van der Waals surface area contributed by atoms with E-state index in [1.807, 2.05) is 12.1 Å². The number of unbranched alkanes of at least 4 members (excludes halogenated alkanes) is 1. The van der Waals surface area contributed by atoms with E-state index >= 15 is 0 Å². The summed E-state index contributed by atoms with van der Waals surface area (Å²) in [6, 6.07) is 11.6. The third-order valence-electron chi connectivity index (χ3n) is 3.11. The monoisotopic (exact) mass is 350 g/mol. The Morgan fingerprint density at radius 1 is 1.19 bits per heavy atom. The molecule has 2 nitrogen and oxygen atoms in total. The third-order valence-corrected chi connectivity index (χ3v) is 3.75. The van der Waals surface area contributed by atoms with Crippen LogP contribution in [0.25, 0.3) is 0 Å². The summed E-state index contributed by atoms with van der Waals surface area (Å²) in [7, 11) is 0. The number of halogens is 2. The molecule has 0 saturated carbocycles. The van der Waals surface area contributed by atoms with Gasteiger partial charge in [0.2, 0.25) is 0 Å². The average Bonchev–Trinajstić information content (AvgIpc) is 2.49. The topological polar surface area (TPSA) is 26.3 Å². The molecule has 0 heterocycles. The third kappa shape index (κ3) is 4.39. The van der Waals surface area contributed by atoms with E-state index in [2.05, 4.69) is 22.9 Å². The van der Waals surface area contributed by atoms with Crippen LogP contribution in [0, 0.1) is 5.82 Å². The molecule has 0 unspecified atom stereocenters. The van der Waals surface area contributed by atoms with Gasteiger partial charge in [0.05, 0.1) is 10.0 Å². The first-order valence-electron chi connectivity index (χ1n) is 6.86. The summed E-state index contributed by atoms with van der Waals surface area (Å²) in [6.07, 6.45) is 3.27. The second kappa shape index (κ2) is 7.36. The summed E-state index contributed by atoms with van der Waals surface area (Å²) in [6.45, 7) is 2.14. The number of carbonyl (C=O) groups is 1. The minimum absolute atomic E-state index is 0.191. The standard InChI is InChI=1S/C17H16BrFO2/c1-2-3-4-12-5-7-13(8-6-12)17(20)21-14-9-10-15(18)16(19)11-14/h5-11H,2-4H2,1H3. The highest BCUT2D eigenvalue weighted by molar-refractivity contribution is 9.10. The maximum atomic E-state index is 13.4. The largest absolute Gasteiger partial charge is 0.423 e. The van der Waals surface area contributed by atoms with Crippen LogP contribution < -0.4 is 4.74 Å². The smallest absolute Gasteiger partial charge is 0.343 e. The molecule has 0 fully saturated rings. The molecule has 0 bridgehead atoms. The van der Waals surface area contributed by atoms with Crippen molar-refractivity contribution in [1.82, 2.24) is 0 Å². The van der Waals surface area contributed by atoms with Crippen molar-refractivity contribution in [1.29, 1.82) is 0 Å². The van der Waals surface area contributed by atoms with Crippen LogP contribution in [0.2, 0.25) is 0 Å². The van der Waals surface area contributed by atoms with Crippen molar-refractivity contribution < 1.29 is 13.9 Å². The van der Waals surface area contributed by atoms with E-state index < -0.39 is 11.8 Å². The second-order valence-corrected chi connectivity index (χ2v) is 5.62. The van der Waals surface area contributed by atoms with Crippen molar-refractivity contribution in [3.63, 3.8) is 0 Å². The van der Waals surface area contributed by atoms with Gasteiger partial charge in [0, 0.05) is 6.07 Å². The molecular weight excluding hydrogens is 335 g/mol. The zero-order valence-electron chi connectivity index (χ0n) is 11.7. The Hall–Kier alpha value is -1.68. The Balaban J connectivity index is 2.04. The highest BCUT2D eigenvalue weighted by Gasteiger charge is 2.10. The zero-order valence-corrected chi connectivity index (χ0v) is 13.3. The fourth-order valence-corrected chi connectivity index (χ4v) is 2.14. The van der Waals surface area contributed by atoms with E-state index in [1.54, 1.807) is 18.2 Å². The number of benzene rings is 2. The van der Waals surface area contributed by atoms with Gasteiger partial charge in [-0.1, -0.05) is 25.5 Å². The van der Waals surface area contributed by atoms with Crippen molar-refractivity contribution in [3.8, 4) is 5.75 Å². The van der Waals surface area contributed by atoms with Gasteiger partial charge >= 0.3 is 5.97 Å². The molecule has 2 rings (SSSR count). The van der Waals surface area contributed by atoms with Crippen molar-refractivity contribution in [3.05, 3.63) is 63.9 Å². The van der Waals surface area contributed by atoms with Crippen molar-refractivity contribution in [2.45, 2.75) is 26.2 Å². The fraction of sp³-hybridized carbons (Fsp3) is 0.235. The highest BCUT2D eigenvalue weighted by atomic mass is 79.9. The first-order chi connectivity index (χ1) is 10.1. The Morgan fingerprint density at radius 3 is 2.52 bits per heavy atom. The Bertz CT molecular complexity index is 623. The summed E-state index contributed by atoms with van der Waals surface area (Å²) in [5, 5.41) is 0. The molecule has 0 aromatic heterocycles. The molecule has 2 aromatic rings. The van der Waals surface area contributed by atoms with Gasteiger partial charge in [0.25, 0.3) is 0 Å². The summed E-state index contributed by atoms with van der Waals surface area (Å²) < 4.78 is 18.9. The predicted octanol–water partition coefficient (Wildman–Crippen LogP) is 5.15. The van der Waals surface area contributed by atoms with Crippen LogP contribution in [0.1, 0.15) is 35.7 Å². The van der Waals surface area contributed by atoms with Gasteiger partial charge in [-0.15, -0.1) is 0 Å². The quantitative estimate of drug-likeness (QED) is 0.550. The first-order valence-corrected chi connectivity index (χ1v) is 7.65. The fourth-order valence-electron chi connectivity index (χ4n) is 1.89. The van der Waals surface area contributed by atoms with Crippen molar-refractivity contribution in [2.75, 3.05) is 0 Å². The predicted molar refractivity (Wildman–Crippen MR) is 84.1 cm³/mol. The van der Waals surface area contributed by atoms with Gasteiger partial charge in [-0.25, -0.2) is 9.18 Å². The minimum atomic E-state index is -0.487. The Kier molecular flexibility index (Phi) is 5.51. The Labute approximate surface area is 132 Å².